The molecule has 1 aliphatic heterocycles. The number of rotatable bonds is 1. The molecule has 0 fully saturated rings. The van der Waals surface area contributed by atoms with Gasteiger partial charge in [-0.05, 0) is 18.2 Å². The molecule has 0 bridgehead atoms. The van der Waals surface area contributed by atoms with Crippen LogP contribution in [0.3, 0.4) is 0 Å². The summed E-state index contributed by atoms with van der Waals surface area (Å²) in [5.74, 6) is 0. The maximum atomic E-state index is 3.38. The van der Waals surface area contributed by atoms with E-state index in [9.17, 15) is 0 Å². The van der Waals surface area contributed by atoms with Gasteiger partial charge in [0.05, 0.1) is 23.4 Å². The summed E-state index contributed by atoms with van der Waals surface area (Å²) in [7, 11) is 2.08. The number of hydrazine groups is 1. The van der Waals surface area contributed by atoms with Crippen LogP contribution < -0.4 is 10.4 Å². The number of fused-ring (bicyclic) bond motifs is 3. The number of aromatic nitrogens is 1. The number of nitrogens with zero attached hydrogens (tertiary/aromatic N) is 2. The molecule has 0 radical (unpaired) electrons. The van der Waals surface area contributed by atoms with Crippen molar-refractivity contribution >= 4 is 16.6 Å². The molecule has 0 saturated heterocycles. The molecule has 0 aliphatic carbocycles. The van der Waals surface area contributed by atoms with E-state index >= 15 is 0 Å². The van der Waals surface area contributed by atoms with Crippen molar-refractivity contribution in [2.24, 2.45) is 0 Å². The normalized spacial score (nSPS) is 14.1. The average molecular weight is 249 g/mol. The molecule has 1 aromatic heterocycles. The first-order valence-electron chi connectivity index (χ1n) is 6.51. The highest BCUT2D eigenvalue weighted by molar-refractivity contribution is 5.97. The van der Waals surface area contributed by atoms with E-state index < -0.39 is 0 Å². The minimum atomic E-state index is 0.870. The second-order valence-corrected chi connectivity index (χ2v) is 4.88. The Kier molecular flexibility index (Phi) is 2.17. The molecule has 1 N–H and O–H groups in total. The Hall–Kier alpha value is -2.26. The lowest BCUT2D eigenvalue weighted by molar-refractivity contribution is 0.720. The minimum absolute atomic E-state index is 0.870. The third-order valence-electron chi connectivity index (χ3n) is 3.78. The molecule has 0 amide bonds. The van der Waals surface area contributed by atoms with Gasteiger partial charge in [-0.25, -0.2) is 5.43 Å². The Morgan fingerprint density at radius 3 is 2.53 bits per heavy atom. The Bertz CT molecular complexity index is 743. The van der Waals surface area contributed by atoms with E-state index in [1.807, 2.05) is 0 Å². The summed E-state index contributed by atoms with van der Waals surface area (Å²) in [6.45, 7) is 0.870. The van der Waals surface area contributed by atoms with Gasteiger partial charge in [0.25, 0.3) is 0 Å². The van der Waals surface area contributed by atoms with Gasteiger partial charge in [0.1, 0.15) is 0 Å². The molecule has 3 aromatic rings. The molecule has 94 valence electrons. The van der Waals surface area contributed by atoms with E-state index in [2.05, 4.69) is 76.6 Å². The van der Waals surface area contributed by atoms with Crippen LogP contribution in [0.1, 0.15) is 5.69 Å². The quantitative estimate of drug-likeness (QED) is 0.715. The highest BCUT2D eigenvalue weighted by Gasteiger charge is 2.25. The van der Waals surface area contributed by atoms with E-state index in [1.165, 1.54) is 28.0 Å². The fraction of sp³-hybridized carbons (Fsp3) is 0.125. The lowest BCUT2D eigenvalue weighted by Gasteiger charge is -2.11. The zero-order chi connectivity index (χ0) is 12.8. The predicted molar refractivity (Wildman–Crippen MR) is 78.5 cm³/mol. The molecule has 19 heavy (non-hydrogen) atoms. The van der Waals surface area contributed by atoms with Crippen LogP contribution in [0, 0.1) is 0 Å². The Morgan fingerprint density at radius 2 is 1.68 bits per heavy atom. The first kappa shape index (κ1) is 10.6. The largest absolute Gasteiger partial charge is 0.310 e. The van der Waals surface area contributed by atoms with Gasteiger partial charge in [-0.2, -0.15) is 0 Å². The monoisotopic (exact) mass is 249 g/mol. The van der Waals surface area contributed by atoms with E-state index in [4.69, 9.17) is 0 Å². The van der Waals surface area contributed by atoms with Gasteiger partial charge in [0, 0.05) is 18.1 Å². The summed E-state index contributed by atoms with van der Waals surface area (Å²) >= 11 is 0. The van der Waals surface area contributed by atoms with Crippen LogP contribution in [0.2, 0.25) is 0 Å². The summed E-state index contributed by atoms with van der Waals surface area (Å²) in [5.41, 5.74) is 8.49. The summed E-state index contributed by atoms with van der Waals surface area (Å²) < 4.78 is 2.35. The molecule has 0 atom stereocenters. The van der Waals surface area contributed by atoms with Gasteiger partial charge in [0.2, 0.25) is 0 Å². The highest BCUT2D eigenvalue weighted by atomic mass is 15.5. The number of hydrogen-bond donors (Lipinski definition) is 1. The van der Waals surface area contributed by atoms with Gasteiger partial charge in [-0.15, -0.1) is 0 Å². The maximum absolute atomic E-state index is 3.38. The van der Waals surface area contributed by atoms with Gasteiger partial charge in [-0.1, -0.05) is 36.4 Å². The van der Waals surface area contributed by atoms with Gasteiger partial charge < -0.3 is 9.58 Å². The predicted octanol–water partition coefficient (Wildman–Crippen LogP) is 3.08. The number of nitrogens with one attached hydrogen (secondary N) is 1. The Balaban J connectivity index is 2.11. The third kappa shape index (κ3) is 1.42. The van der Waals surface area contributed by atoms with Crippen molar-refractivity contribution in [1.29, 1.82) is 0 Å². The molecule has 1 aliphatic rings. The van der Waals surface area contributed by atoms with E-state index in [1.54, 1.807) is 0 Å². The Labute approximate surface area is 112 Å². The van der Waals surface area contributed by atoms with E-state index in [0.29, 0.717) is 0 Å². The lowest BCUT2D eigenvalue weighted by Crippen LogP contribution is -2.27. The van der Waals surface area contributed by atoms with Crippen molar-refractivity contribution in [3.8, 4) is 5.69 Å². The zero-order valence-electron chi connectivity index (χ0n) is 10.8. The Morgan fingerprint density at radius 1 is 0.947 bits per heavy atom. The number of para-hydroxylation sites is 2. The van der Waals surface area contributed by atoms with Crippen molar-refractivity contribution < 1.29 is 0 Å². The SMILES string of the molecule is CN1NCc2c1c1ccccc1n2-c1ccccc1. The molecular formula is C16H15N3. The molecule has 3 heteroatoms. The molecule has 3 nitrogen and oxygen atoms in total. The fourth-order valence-electron chi connectivity index (χ4n) is 2.96. The summed E-state index contributed by atoms with van der Waals surface area (Å²) in [4.78, 5) is 0. The van der Waals surface area contributed by atoms with Crippen LogP contribution in [-0.4, -0.2) is 11.6 Å². The topological polar surface area (TPSA) is 20.2 Å². The maximum Gasteiger partial charge on any atom is 0.0822 e. The molecule has 0 spiro atoms. The zero-order valence-corrected chi connectivity index (χ0v) is 10.8. The van der Waals surface area contributed by atoms with Crippen LogP contribution in [0.15, 0.2) is 54.6 Å². The standard InChI is InChI=1S/C16H15N3/c1-18-16-13-9-5-6-10-14(13)19(15(16)11-17-18)12-7-3-2-4-8-12/h2-10,17H,11H2,1H3. The molecular weight excluding hydrogens is 234 g/mol. The second kappa shape index (κ2) is 3.87. The number of anilines is 1. The van der Waals surface area contributed by atoms with Crippen molar-refractivity contribution in [3.63, 3.8) is 0 Å². The first-order valence-corrected chi connectivity index (χ1v) is 6.51. The lowest BCUT2D eigenvalue weighted by atomic mass is 10.2. The molecule has 0 saturated carbocycles. The van der Waals surface area contributed by atoms with Crippen LogP contribution in [0.4, 0.5) is 5.69 Å². The smallest absolute Gasteiger partial charge is 0.0822 e. The van der Waals surface area contributed by atoms with Crippen molar-refractivity contribution in [3.05, 3.63) is 60.3 Å². The van der Waals surface area contributed by atoms with Crippen molar-refractivity contribution in [2.45, 2.75) is 6.54 Å². The fourth-order valence-corrected chi connectivity index (χ4v) is 2.96. The van der Waals surface area contributed by atoms with Crippen molar-refractivity contribution in [1.82, 2.24) is 9.99 Å². The number of hydrogen-bond acceptors (Lipinski definition) is 2. The minimum Gasteiger partial charge on any atom is -0.310 e. The summed E-state index contributed by atoms with van der Waals surface area (Å²) in [6, 6.07) is 19.1. The van der Waals surface area contributed by atoms with Crippen LogP contribution in [0.25, 0.3) is 16.6 Å². The third-order valence-corrected chi connectivity index (χ3v) is 3.78. The molecule has 2 heterocycles. The summed E-state index contributed by atoms with van der Waals surface area (Å²) in [5, 5.41) is 3.42. The highest BCUT2D eigenvalue weighted by Crippen LogP contribution is 2.37. The van der Waals surface area contributed by atoms with Crippen LogP contribution in [0.5, 0.6) is 0 Å². The number of benzene rings is 2. The van der Waals surface area contributed by atoms with Crippen LogP contribution >= 0.6 is 0 Å². The van der Waals surface area contributed by atoms with Crippen LogP contribution in [-0.2, 0) is 6.54 Å². The molecule has 0 unspecified atom stereocenters. The van der Waals surface area contributed by atoms with E-state index in [0.717, 1.165) is 6.54 Å². The van der Waals surface area contributed by atoms with E-state index in [-0.39, 0.29) is 0 Å². The first-order chi connectivity index (χ1) is 9.36. The molecule has 4 rings (SSSR count). The van der Waals surface area contributed by atoms with Gasteiger partial charge >= 0.3 is 0 Å². The van der Waals surface area contributed by atoms with Gasteiger partial charge in [0.15, 0.2) is 0 Å². The molecule has 2 aromatic carbocycles. The summed E-state index contributed by atoms with van der Waals surface area (Å²) in [6.07, 6.45) is 0. The van der Waals surface area contributed by atoms with Gasteiger partial charge in [-0.3, -0.25) is 0 Å². The second-order valence-electron chi connectivity index (χ2n) is 4.88. The average Bonchev–Trinajstić information content (AvgIpc) is 2.98. The van der Waals surface area contributed by atoms with Crippen molar-refractivity contribution in [2.75, 3.05) is 12.1 Å².